The molecule has 2 heterocycles. The van der Waals surface area contributed by atoms with Crippen LogP contribution < -0.4 is 4.74 Å². The van der Waals surface area contributed by atoms with Gasteiger partial charge in [0.2, 0.25) is 23.5 Å². The van der Waals surface area contributed by atoms with E-state index in [1.54, 1.807) is 24.3 Å². The molecule has 0 aromatic heterocycles. The number of carbonyl (C=O) groups excluding carboxylic acids is 2. The molecule has 4 nitrogen and oxygen atoms in total. The Balaban J connectivity index is 1.54. The van der Waals surface area contributed by atoms with Crippen molar-refractivity contribution in [3.05, 3.63) is 75.3 Å². The van der Waals surface area contributed by atoms with E-state index < -0.39 is 11.9 Å². The van der Waals surface area contributed by atoms with Gasteiger partial charge in [0.15, 0.2) is 0 Å². The lowest BCUT2D eigenvalue weighted by Gasteiger charge is -2.38. The van der Waals surface area contributed by atoms with Gasteiger partial charge in [0.25, 0.3) is 0 Å². The predicted molar refractivity (Wildman–Crippen MR) is 93.9 cm³/mol. The molecule has 1 unspecified atom stereocenters. The zero-order valence-corrected chi connectivity index (χ0v) is 14.7. The monoisotopic (exact) mass is 396 g/mol. The average molecular weight is 397 g/mol. The number of ketones is 2. The van der Waals surface area contributed by atoms with E-state index >= 15 is 0 Å². The van der Waals surface area contributed by atoms with Gasteiger partial charge in [0, 0.05) is 28.4 Å². The van der Waals surface area contributed by atoms with E-state index in [1.807, 2.05) is 24.3 Å². The fourth-order valence-corrected chi connectivity index (χ4v) is 4.19. The lowest BCUT2D eigenvalue weighted by molar-refractivity contribution is -0.125. The Hall–Kier alpha value is -2.24. The maximum atomic E-state index is 12.9. The van der Waals surface area contributed by atoms with Crippen LogP contribution in [0.3, 0.4) is 0 Å². The van der Waals surface area contributed by atoms with Gasteiger partial charge in [0.05, 0.1) is 0 Å². The summed E-state index contributed by atoms with van der Waals surface area (Å²) in [7, 11) is 0. The first-order valence-corrected chi connectivity index (χ1v) is 8.88. The minimum Gasteiger partial charge on any atom is -0.461 e. The summed E-state index contributed by atoms with van der Waals surface area (Å²) in [6.45, 7) is 0. The molecule has 5 rings (SSSR count). The standard InChI is InChI=1S/C20H13BrO4/c21-13-5-6-16-12(10-13)9-11-7-8-20(25-19(11)24-16)17(22)14-3-1-2-4-15(14)18(20)23/h1-7,10,19H,8-9H2. The van der Waals surface area contributed by atoms with Gasteiger partial charge in [-0.25, -0.2) is 0 Å². The lowest BCUT2D eigenvalue weighted by atomic mass is 9.87. The number of halogens is 1. The van der Waals surface area contributed by atoms with E-state index in [0.29, 0.717) is 17.5 Å². The Kier molecular flexibility index (Phi) is 3.09. The quantitative estimate of drug-likeness (QED) is 0.500. The molecule has 2 aromatic rings. The number of carbonyl (C=O) groups is 2. The topological polar surface area (TPSA) is 52.6 Å². The average Bonchev–Trinajstić information content (AvgIpc) is 2.83. The normalized spacial score (nSPS) is 22.8. The molecular formula is C20H13BrO4. The molecule has 3 aliphatic rings. The largest absolute Gasteiger partial charge is 0.461 e. The van der Waals surface area contributed by atoms with Crippen LogP contribution in [0, 0.1) is 0 Å². The van der Waals surface area contributed by atoms with E-state index in [4.69, 9.17) is 9.47 Å². The molecular weight excluding hydrogens is 384 g/mol. The van der Waals surface area contributed by atoms with Gasteiger partial charge >= 0.3 is 0 Å². The van der Waals surface area contributed by atoms with E-state index in [-0.39, 0.29) is 18.0 Å². The highest BCUT2D eigenvalue weighted by Crippen LogP contribution is 2.43. The SMILES string of the molecule is O=C1c2ccccc2C(=O)C12CC=C1Cc3cc(Br)ccc3OC1O2. The molecule has 0 saturated heterocycles. The number of ether oxygens (including phenoxy) is 2. The third-order valence-electron chi connectivity index (χ3n) is 5.06. The van der Waals surface area contributed by atoms with Crippen molar-refractivity contribution in [3.8, 4) is 5.75 Å². The predicted octanol–water partition coefficient (Wildman–Crippen LogP) is 3.87. The molecule has 0 N–H and O–H groups in total. The molecule has 5 heteroatoms. The van der Waals surface area contributed by atoms with Crippen LogP contribution in [0.4, 0.5) is 0 Å². The summed E-state index contributed by atoms with van der Waals surface area (Å²) in [5.74, 6) is 0.181. The summed E-state index contributed by atoms with van der Waals surface area (Å²) >= 11 is 3.46. The van der Waals surface area contributed by atoms with Crippen LogP contribution in [0.2, 0.25) is 0 Å². The Morgan fingerprint density at radius 2 is 1.76 bits per heavy atom. The van der Waals surface area contributed by atoms with Gasteiger partial charge in [-0.05, 0) is 29.3 Å². The van der Waals surface area contributed by atoms with E-state index in [2.05, 4.69) is 15.9 Å². The van der Waals surface area contributed by atoms with E-state index in [1.165, 1.54) is 0 Å². The smallest absolute Gasteiger partial charge is 0.224 e. The number of benzene rings is 2. The van der Waals surface area contributed by atoms with Crippen LogP contribution in [0.5, 0.6) is 5.75 Å². The zero-order chi connectivity index (χ0) is 17.2. The second-order valence-electron chi connectivity index (χ2n) is 6.51. The third-order valence-corrected chi connectivity index (χ3v) is 5.56. The summed E-state index contributed by atoms with van der Waals surface area (Å²) in [6, 6.07) is 12.7. The number of fused-ring (bicyclic) bond motifs is 3. The molecule has 124 valence electrons. The minimum atomic E-state index is -1.48. The maximum absolute atomic E-state index is 12.9. The van der Waals surface area contributed by atoms with Crippen molar-refractivity contribution in [2.45, 2.75) is 24.7 Å². The fourth-order valence-electron chi connectivity index (χ4n) is 3.78. The van der Waals surface area contributed by atoms with E-state index in [0.717, 1.165) is 21.4 Å². The van der Waals surface area contributed by atoms with Crippen molar-refractivity contribution in [1.82, 2.24) is 0 Å². The van der Waals surface area contributed by atoms with Crippen LogP contribution in [0.1, 0.15) is 32.7 Å². The molecule has 0 amide bonds. The molecule has 0 radical (unpaired) electrons. The van der Waals surface area contributed by atoms with Gasteiger partial charge < -0.3 is 9.47 Å². The molecule has 1 atom stereocenters. The van der Waals surface area contributed by atoms with Crippen molar-refractivity contribution in [2.75, 3.05) is 0 Å². The Labute approximate surface area is 152 Å². The summed E-state index contributed by atoms with van der Waals surface area (Å²) in [4.78, 5) is 25.8. The number of hydrogen-bond donors (Lipinski definition) is 0. The van der Waals surface area contributed by atoms with Crippen LogP contribution in [-0.2, 0) is 11.2 Å². The minimum absolute atomic E-state index is 0.248. The second kappa shape index (κ2) is 5.13. The zero-order valence-electron chi connectivity index (χ0n) is 13.1. The molecule has 1 aliphatic carbocycles. The van der Waals surface area contributed by atoms with Gasteiger partial charge in [-0.3, -0.25) is 9.59 Å². The molecule has 2 aromatic carbocycles. The molecule has 0 saturated carbocycles. The second-order valence-corrected chi connectivity index (χ2v) is 7.43. The first-order chi connectivity index (χ1) is 12.1. The summed E-state index contributed by atoms with van der Waals surface area (Å²) < 4.78 is 13.0. The first kappa shape index (κ1) is 15.0. The fraction of sp³-hybridized carbons (Fsp3) is 0.200. The Morgan fingerprint density at radius 1 is 1.04 bits per heavy atom. The third kappa shape index (κ3) is 2.03. The molecule has 2 aliphatic heterocycles. The Morgan fingerprint density at radius 3 is 2.48 bits per heavy atom. The van der Waals surface area contributed by atoms with Crippen molar-refractivity contribution in [1.29, 1.82) is 0 Å². The van der Waals surface area contributed by atoms with E-state index in [9.17, 15) is 9.59 Å². The van der Waals surface area contributed by atoms with Crippen molar-refractivity contribution >= 4 is 27.5 Å². The first-order valence-electron chi connectivity index (χ1n) is 8.09. The number of Topliss-reactive ketones (excluding diaryl/α,β-unsaturated/α-hetero) is 2. The number of hydrogen-bond acceptors (Lipinski definition) is 4. The van der Waals surface area contributed by atoms with Crippen molar-refractivity contribution in [2.24, 2.45) is 0 Å². The lowest BCUT2D eigenvalue weighted by Crippen LogP contribution is -2.51. The molecule has 25 heavy (non-hydrogen) atoms. The summed E-state index contributed by atoms with van der Waals surface area (Å²) in [5, 5.41) is 0. The van der Waals surface area contributed by atoms with Gasteiger partial charge in [-0.2, -0.15) is 0 Å². The van der Waals surface area contributed by atoms with Crippen LogP contribution in [0.15, 0.2) is 58.6 Å². The molecule has 0 fully saturated rings. The van der Waals surface area contributed by atoms with Crippen LogP contribution in [0.25, 0.3) is 0 Å². The van der Waals surface area contributed by atoms with Crippen molar-refractivity contribution in [3.63, 3.8) is 0 Å². The Bertz CT molecular complexity index is 940. The van der Waals surface area contributed by atoms with Gasteiger partial charge in [-0.15, -0.1) is 0 Å². The van der Waals surface area contributed by atoms with Crippen molar-refractivity contribution < 1.29 is 19.1 Å². The van der Waals surface area contributed by atoms with Gasteiger partial charge in [-0.1, -0.05) is 46.3 Å². The van der Waals surface area contributed by atoms with Crippen LogP contribution in [-0.4, -0.2) is 23.5 Å². The maximum Gasteiger partial charge on any atom is 0.224 e. The highest BCUT2D eigenvalue weighted by molar-refractivity contribution is 9.10. The molecule has 1 spiro atoms. The van der Waals surface area contributed by atoms with Gasteiger partial charge in [0.1, 0.15) is 5.75 Å². The van der Waals surface area contributed by atoms with Crippen LogP contribution >= 0.6 is 15.9 Å². The summed E-state index contributed by atoms with van der Waals surface area (Å²) in [5.41, 5.74) is 1.40. The number of rotatable bonds is 0. The molecule has 0 bridgehead atoms. The highest BCUT2D eigenvalue weighted by atomic mass is 79.9. The highest BCUT2D eigenvalue weighted by Gasteiger charge is 2.57. The summed E-state index contributed by atoms with van der Waals surface area (Å²) in [6.07, 6.45) is 2.16.